The molecular formula is C24H25N7O2. The molecule has 1 fully saturated rings. The standard InChI is InChI=1S/C24H25N7O2/c1-17-22(24-30-29-23(33-24)18-5-3-2-4-6-18)28-20(16-26-17)19-7-8-21(27-15-19)25-9-10-31-11-13-32-14-12-31/h2-8,15-16H,9-14H2,1H3,(H,25,27). The van der Waals surface area contributed by atoms with Gasteiger partial charge < -0.3 is 14.5 Å². The highest BCUT2D eigenvalue weighted by Crippen LogP contribution is 2.26. The third-order valence-corrected chi connectivity index (χ3v) is 5.50. The third kappa shape index (κ3) is 5.05. The number of morpholine rings is 1. The van der Waals surface area contributed by atoms with Crippen LogP contribution in [-0.2, 0) is 4.74 Å². The smallest absolute Gasteiger partial charge is 0.268 e. The Hall–Kier alpha value is -3.69. The van der Waals surface area contributed by atoms with Gasteiger partial charge in [0, 0.05) is 43.5 Å². The molecule has 0 radical (unpaired) electrons. The number of nitrogens with zero attached hydrogens (tertiary/aromatic N) is 6. The molecule has 4 aromatic rings. The van der Waals surface area contributed by atoms with Crippen LogP contribution in [0, 0.1) is 6.92 Å². The van der Waals surface area contributed by atoms with Crippen LogP contribution in [0.1, 0.15) is 5.69 Å². The van der Waals surface area contributed by atoms with Gasteiger partial charge in [0.25, 0.3) is 5.89 Å². The lowest BCUT2D eigenvalue weighted by molar-refractivity contribution is 0.0398. The van der Waals surface area contributed by atoms with Gasteiger partial charge in [0.1, 0.15) is 11.5 Å². The van der Waals surface area contributed by atoms with Crippen molar-refractivity contribution in [3.8, 4) is 34.3 Å². The van der Waals surface area contributed by atoms with Crippen molar-refractivity contribution < 1.29 is 9.15 Å². The molecule has 0 aliphatic carbocycles. The molecule has 4 heterocycles. The summed E-state index contributed by atoms with van der Waals surface area (Å²) in [4.78, 5) is 16.1. The minimum Gasteiger partial charge on any atom is -0.415 e. The molecule has 0 bridgehead atoms. The van der Waals surface area contributed by atoms with E-state index >= 15 is 0 Å². The van der Waals surface area contributed by atoms with E-state index in [2.05, 4.69) is 30.4 Å². The number of aryl methyl sites for hydroxylation is 1. The summed E-state index contributed by atoms with van der Waals surface area (Å²) >= 11 is 0. The molecule has 1 saturated heterocycles. The van der Waals surface area contributed by atoms with E-state index < -0.39 is 0 Å². The average Bonchev–Trinajstić information content (AvgIpc) is 3.36. The number of benzene rings is 1. The number of aromatic nitrogens is 5. The molecule has 1 N–H and O–H groups in total. The van der Waals surface area contributed by atoms with E-state index in [1.165, 1.54) is 0 Å². The number of pyridine rings is 1. The number of nitrogens with one attached hydrogen (secondary N) is 1. The van der Waals surface area contributed by atoms with Crippen LogP contribution in [-0.4, -0.2) is 69.4 Å². The molecule has 9 heteroatoms. The summed E-state index contributed by atoms with van der Waals surface area (Å²) < 4.78 is 11.3. The van der Waals surface area contributed by atoms with Crippen molar-refractivity contribution in [1.29, 1.82) is 0 Å². The van der Waals surface area contributed by atoms with Crippen molar-refractivity contribution in [3.63, 3.8) is 0 Å². The van der Waals surface area contributed by atoms with E-state index in [1.54, 1.807) is 12.4 Å². The van der Waals surface area contributed by atoms with Gasteiger partial charge in [-0.05, 0) is 31.2 Å². The highest BCUT2D eigenvalue weighted by atomic mass is 16.5. The predicted molar refractivity (Wildman–Crippen MR) is 124 cm³/mol. The minimum absolute atomic E-state index is 0.343. The van der Waals surface area contributed by atoms with Crippen molar-refractivity contribution in [2.45, 2.75) is 6.92 Å². The van der Waals surface area contributed by atoms with Crippen molar-refractivity contribution in [1.82, 2.24) is 30.0 Å². The molecule has 1 aliphatic rings. The second-order valence-electron chi connectivity index (χ2n) is 7.78. The molecule has 1 aliphatic heterocycles. The SMILES string of the molecule is Cc1ncc(-c2ccc(NCCN3CCOCC3)nc2)nc1-c1nnc(-c2ccccc2)o1. The second-order valence-corrected chi connectivity index (χ2v) is 7.78. The fourth-order valence-corrected chi connectivity index (χ4v) is 3.62. The van der Waals surface area contributed by atoms with Gasteiger partial charge >= 0.3 is 0 Å². The number of hydrogen-bond acceptors (Lipinski definition) is 9. The maximum Gasteiger partial charge on any atom is 0.268 e. The lowest BCUT2D eigenvalue weighted by atomic mass is 10.2. The fraction of sp³-hybridized carbons (Fsp3) is 0.292. The van der Waals surface area contributed by atoms with Gasteiger partial charge in [-0.15, -0.1) is 10.2 Å². The Morgan fingerprint density at radius 2 is 1.73 bits per heavy atom. The topological polar surface area (TPSA) is 102 Å². The summed E-state index contributed by atoms with van der Waals surface area (Å²) in [5, 5.41) is 11.7. The summed E-state index contributed by atoms with van der Waals surface area (Å²) in [7, 11) is 0. The zero-order chi connectivity index (χ0) is 22.5. The minimum atomic E-state index is 0.343. The van der Waals surface area contributed by atoms with Gasteiger partial charge in [-0.3, -0.25) is 9.88 Å². The Labute approximate surface area is 191 Å². The molecular weight excluding hydrogens is 418 g/mol. The van der Waals surface area contributed by atoms with E-state index in [1.807, 2.05) is 49.4 Å². The summed E-state index contributed by atoms with van der Waals surface area (Å²) in [6.45, 7) is 7.26. The van der Waals surface area contributed by atoms with E-state index in [0.717, 1.165) is 62.0 Å². The number of ether oxygens (including phenoxy) is 1. The largest absolute Gasteiger partial charge is 0.415 e. The normalized spacial score (nSPS) is 14.3. The van der Waals surface area contributed by atoms with Gasteiger partial charge in [-0.2, -0.15) is 0 Å². The first kappa shape index (κ1) is 21.2. The highest BCUT2D eigenvalue weighted by Gasteiger charge is 2.16. The third-order valence-electron chi connectivity index (χ3n) is 5.50. The second kappa shape index (κ2) is 9.85. The molecule has 0 unspecified atom stereocenters. The van der Waals surface area contributed by atoms with Gasteiger partial charge in [-0.1, -0.05) is 18.2 Å². The van der Waals surface area contributed by atoms with Crippen LogP contribution in [0.2, 0.25) is 0 Å². The first-order valence-electron chi connectivity index (χ1n) is 11.0. The van der Waals surface area contributed by atoms with Crippen molar-refractivity contribution in [3.05, 3.63) is 60.6 Å². The van der Waals surface area contributed by atoms with E-state index in [9.17, 15) is 0 Å². The summed E-state index contributed by atoms with van der Waals surface area (Å²) in [6, 6.07) is 13.6. The first-order chi connectivity index (χ1) is 16.3. The number of hydrogen-bond donors (Lipinski definition) is 1. The highest BCUT2D eigenvalue weighted by molar-refractivity contribution is 5.63. The van der Waals surface area contributed by atoms with Gasteiger partial charge in [0.2, 0.25) is 5.89 Å². The van der Waals surface area contributed by atoms with Crippen LogP contribution in [0.25, 0.3) is 34.3 Å². The molecule has 33 heavy (non-hydrogen) atoms. The Bertz CT molecular complexity index is 1190. The van der Waals surface area contributed by atoms with Crippen LogP contribution in [0.4, 0.5) is 5.82 Å². The van der Waals surface area contributed by atoms with Crippen LogP contribution in [0.3, 0.4) is 0 Å². The first-order valence-corrected chi connectivity index (χ1v) is 11.0. The van der Waals surface area contributed by atoms with Crippen LogP contribution in [0.5, 0.6) is 0 Å². The lowest BCUT2D eigenvalue weighted by Crippen LogP contribution is -2.39. The quantitative estimate of drug-likeness (QED) is 0.461. The maximum atomic E-state index is 5.88. The van der Waals surface area contributed by atoms with Crippen LogP contribution < -0.4 is 5.32 Å². The Balaban J connectivity index is 1.28. The number of rotatable bonds is 7. The monoisotopic (exact) mass is 443 g/mol. The molecule has 0 spiro atoms. The molecule has 9 nitrogen and oxygen atoms in total. The van der Waals surface area contributed by atoms with Crippen LogP contribution in [0.15, 0.2) is 59.3 Å². The van der Waals surface area contributed by atoms with Gasteiger partial charge in [0.05, 0.1) is 30.8 Å². The molecule has 1 aromatic carbocycles. The van der Waals surface area contributed by atoms with Crippen molar-refractivity contribution >= 4 is 5.82 Å². The van der Waals surface area contributed by atoms with E-state index in [0.29, 0.717) is 23.2 Å². The van der Waals surface area contributed by atoms with Gasteiger partial charge in [0.15, 0.2) is 0 Å². The zero-order valence-corrected chi connectivity index (χ0v) is 18.4. The lowest BCUT2D eigenvalue weighted by Gasteiger charge is -2.26. The fourth-order valence-electron chi connectivity index (χ4n) is 3.62. The van der Waals surface area contributed by atoms with Crippen LogP contribution >= 0.6 is 0 Å². The van der Waals surface area contributed by atoms with Crippen molar-refractivity contribution in [2.24, 2.45) is 0 Å². The van der Waals surface area contributed by atoms with Crippen molar-refractivity contribution in [2.75, 3.05) is 44.7 Å². The molecule has 0 atom stereocenters. The Morgan fingerprint density at radius 1 is 0.909 bits per heavy atom. The molecule has 3 aromatic heterocycles. The molecule has 5 rings (SSSR count). The Morgan fingerprint density at radius 3 is 2.52 bits per heavy atom. The van der Waals surface area contributed by atoms with Gasteiger partial charge in [-0.25, -0.2) is 9.97 Å². The summed E-state index contributed by atoms with van der Waals surface area (Å²) in [5.41, 5.74) is 3.71. The molecule has 0 amide bonds. The molecule has 0 saturated carbocycles. The number of anilines is 1. The maximum absolute atomic E-state index is 5.88. The summed E-state index contributed by atoms with van der Waals surface area (Å²) in [5.74, 6) is 1.62. The zero-order valence-electron chi connectivity index (χ0n) is 18.4. The predicted octanol–water partition coefficient (Wildman–Crippen LogP) is 3.31. The van der Waals surface area contributed by atoms with E-state index in [-0.39, 0.29) is 0 Å². The summed E-state index contributed by atoms with van der Waals surface area (Å²) in [6.07, 6.45) is 3.53. The molecule has 168 valence electrons. The Kier molecular flexibility index (Phi) is 6.32. The average molecular weight is 444 g/mol. The van der Waals surface area contributed by atoms with E-state index in [4.69, 9.17) is 14.1 Å².